The van der Waals surface area contributed by atoms with Crippen LogP contribution in [0.25, 0.3) is 11.8 Å². The molecule has 0 unspecified atom stereocenters. The molecule has 0 N–H and O–H groups in total. The molecule has 1 aromatic carbocycles. The zero-order valence-corrected chi connectivity index (χ0v) is 8.98. The van der Waals surface area contributed by atoms with Crippen LogP contribution >= 0.6 is 15.9 Å². The summed E-state index contributed by atoms with van der Waals surface area (Å²) < 4.78 is 2.76. The summed E-state index contributed by atoms with van der Waals surface area (Å²) in [6.07, 6.45) is 3.50. The van der Waals surface area contributed by atoms with E-state index in [1.54, 1.807) is 10.8 Å². The lowest BCUT2D eigenvalue weighted by Gasteiger charge is -1.98. The number of halogens is 1. The Balaban J connectivity index is 2.39. The maximum atomic E-state index is 3.97. The van der Waals surface area contributed by atoms with Crippen LogP contribution in [-0.2, 0) is 0 Å². The summed E-state index contributed by atoms with van der Waals surface area (Å²) >= 11 is 3.38. The fraction of sp³-hybridized carbons (Fsp3) is 0. The number of hydrogen-bond donors (Lipinski definition) is 0. The number of nitrogens with zero attached hydrogens (tertiary/aromatic N) is 3. The molecule has 0 aliphatic heterocycles. The Morgan fingerprint density at radius 2 is 2.00 bits per heavy atom. The summed E-state index contributed by atoms with van der Waals surface area (Å²) in [6, 6.07) is 7.85. The first-order valence-electron chi connectivity index (χ1n) is 4.10. The molecule has 1 aromatic heterocycles. The molecule has 0 spiro atoms. The predicted octanol–water partition coefficient (Wildman–Crippen LogP) is 2.67. The highest BCUT2D eigenvalue weighted by atomic mass is 79.9. The normalized spacial score (nSPS) is 10.1. The van der Waals surface area contributed by atoms with Gasteiger partial charge in [0.25, 0.3) is 0 Å². The summed E-state index contributed by atoms with van der Waals surface area (Å²) in [4.78, 5) is 0. The maximum Gasteiger partial charge on any atom is 0.105 e. The lowest BCUT2D eigenvalue weighted by atomic mass is 10.3. The van der Waals surface area contributed by atoms with Gasteiger partial charge in [0.1, 0.15) is 5.69 Å². The Bertz CT molecular complexity index is 445. The van der Waals surface area contributed by atoms with Crippen molar-refractivity contribution >= 4 is 22.0 Å². The lowest BCUT2D eigenvalue weighted by molar-refractivity contribution is 0.802. The van der Waals surface area contributed by atoms with E-state index in [0.29, 0.717) is 0 Å². The van der Waals surface area contributed by atoms with Gasteiger partial charge in [-0.3, -0.25) is 0 Å². The summed E-state index contributed by atoms with van der Waals surface area (Å²) in [7, 11) is 0. The SMILES string of the molecule is C=Cc1cn(-c2ccc(Br)cc2)nn1. The highest BCUT2D eigenvalue weighted by molar-refractivity contribution is 9.10. The van der Waals surface area contributed by atoms with Gasteiger partial charge >= 0.3 is 0 Å². The van der Waals surface area contributed by atoms with Gasteiger partial charge in [0.05, 0.1) is 11.9 Å². The third-order valence-electron chi connectivity index (χ3n) is 1.81. The number of benzene rings is 1. The molecule has 0 aliphatic rings. The molecule has 0 radical (unpaired) electrons. The second-order valence-electron chi connectivity index (χ2n) is 2.77. The molecule has 0 fully saturated rings. The molecular formula is C10H8BrN3. The first-order chi connectivity index (χ1) is 6.79. The van der Waals surface area contributed by atoms with Crippen molar-refractivity contribution in [3.05, 3.63) is 47.2 Å². The number of aromatic nitrogens is 3. The molecule has 0 saturated heterocycles. The number of rotatable bonds is 2. The van der Waals surface area contributed by atoms with E-state index in [1.807, 2.05) is 30.5 Å². The molecule has 3 nitrogen and oxygen atoms in total. The van der Waals surface area contributed by atoms with E-state index >= 15 is 0 Å². The second-order valence-corrected chi connectivity index (χ2v) is 3.68. The summed E-state index contributed by atoms with van der Waals surface area (Å²) in [5, 5.41) is 7.88. The largest absolute Gasteiger partial charge is 0.220 e. The third-order valence-corrected chi connectivity index (χ3v) is 2.34. The van der Waals surface area contributed by atoms with E-state index < -0.39 is 0 Å². The van der Waals surface area contributed by atoms with Gasteiger partial charge in [-0.25, -0.2) is 4.68 Å². The minimum absolute atomic E-state index is 0.771. The van der Waals surface area contributed by atoms with Gasteiger partial charge < -0.3 is 0 Å². The molecule has 0 bridgehead atoms. The van der Waals surface area contributed by atoms with Crippen LogP contribution in [0.2, 0.25) is 0 Å². The van der Waals surface area contributed by atoms with Gasteiger partial charge in [-0.2, -0.15) is 0 Å². The molecular weight excluding hydrogens is 242 g/mol. The van der Waals surface area contributed by atoms with E-state index in [2.05, 4.69) is 32.8 Å². The van der Waals surface area contributed by atoms with E-state index in [1.165, 1.54) is 0 Å². The van der Waals surface area contributed by atoms with Gasteiger partial charge in [-0.15, -0.1) is 5.10 Å². The Labute approximate surface area is 90.2 Å². The predicted molar refractivity (Wildman–Crippen MR) is 59.2 cm³/mol. The molecule has 14 heavy (non-hydrogen) atoms. The quantitative estimate of drug-likeness (QED) is 0.820. The van der Waals surface area contributed by atoms with Gasteiger partial charge in [0.15, 0.2) is 0 Å². The Hall–Kier alpha value is -1.42. The third kappa shape index (κ3) is 1.75. The topological polar surface area (TPSA) is 30.7 Å². The Morgan fingerprint density at radius 1 is 1.29 bits per heavy atom. The molecule has 0 amide bonds. The molecule has 4 heteroatoms. The van der Waals surface area contributed by atoms with Crippen molar-refractivity contribution in [2.24, 2.45) is 0 Å². The lowest BCUT2D eigenvalue weighted by Crippen LogP contribution is -1.93. The average molecular weight is 250 g/mol. The van der Waals surface area contributed by atoms with Crippen LogP contribution in [0.4, 0.5) is 0 Å². The molecule has 0 atom stereocenters. The van der Waals surface area contributed by atoms with Crippen LogP contribution in [0.1, 0.15) is 5.69 Å². The van der Waals surface area contributed by atoms with Crippen LogP contribution in [0.5, 0.6) is 0 Å². The van der Waals surface area contributed by atoms with Crippen molar-refractivity contribution in [1.29, 1.82) is 0 Å². The Kier molecular flexibility index (Phi) is 2.45. The van der Waals surface area contributed by atoms with Crippen LogP contribution in [0.3, 0.4) is 0 Å². The molecule has 0 aliphatic carbocycles. The highest BCUT2D eigenvalue weighted by Gasteiger charge is 1.98. The first kappa shape index (κ1) is 9.15. The molecule has 2 rings (SSSR count). The smallest absolute Gasteiger partial charge is 0.105 e. The summed E-state index contributed by atoms with van der Waals surface area (Å²) in [5.41, 5.74) is 1.75. The minimum atomic E-state index is 0.771. The first-order valence-corrected chi connectivity index (χ1v) is 4.89. The van der Waals surface area contributed by atoms with Crippen molar-refractivity contribution in [3.63, 3.8) is 0 Å². The van der Waals surface area contributed by atoms with Crippen molar-refractivity contribution in [3.8, 4) is 5.69 Å². The monoisotopic (exact) mass is 249 g/mol. The zero-order chi connectivity index (χ0) is 9.97. The molecule has 0 saturated carbocycles. The summed E-state index contributed by atoms with van der Waals surface area (Å²) in [5.74, 6) is 0. The maximum absolute atomic E-state index is 3.97. The van der Waals surface area contributed by atoms with Crippen molar-refractivity contribution < 1.29 is 0 Å². The molecule has 1 heterocycles. The van der Waals surface area contributed by atoms with Crippen molar-refractivity contribution in [2.45, 2.75) is 0 Å². The highest BCUT2D eigenvalue weighted by Crippen LogP contribution is 2.13. The fourth-order valence-corrected chi connectivity index (χ4v) is 1.35. The molecule has 70 valence electrons. The van der Waals surface area contributed by atoms with Crippen molar-refractivity contribution in [1.82, 2.24) is 15.0 Å². The number of hydrogen-bond acceptors (Lipinski definition) is 2. The zero-order valence-electron chi connectivity index (χ0n) is 7.39. The average Bonchev–Trinajstić information content (AvgIpc) is 2.67. The van der Waals surface area contributed by atoms with Gasteiger partial charge in [-0.05, 0) is 30.3 Å². The van der Waals surface area contributed by atoms with Crippen LogP contribution in [0.15, 0.2) is 41.5 Å². The van der Waals surface area contributed by atoms with Gasteiger partial charge in [0.2, 0.25) is 0 Å². The Morgan fingerprint density at radius 3 is 2.57 bits per heavy atom. The van der Waals surface area contributed by atoms with Gasteiger partial charge in [-0.1, -0.05) is 27.7 Å². The van der Waals surface area contributed by atoms with E-state index in [4.69, 9.17) is 0 Å². The van der Waals surface area contributed by atoms with Crippen LogP contribution < -0.4 is 0 Å². The van der Waals surface area contributed by atoms with E-state index in [0.717, 1.165) is 15.9 Å². The van der Waals surface area contributed by atoms with Crippen LogP contribution in [0, 0.1) is 0 Å². The molecule has 2 aromatic rings. The van der Waals surface area contributed by atoms with E-state index in [-0.39, 0.29) is 0 Å². The van der Waals surface area contributed by atoms with Crippen molar-refractivity contribution in [2.75, 3.05) is 0 Å². The van der Waals surface area contributed by atoms with Crippen LogP contribution in [-0.4, -0.2) is 15.0 Å². The second kappa shape index (κ2) is 3.75. The standard InChI is InChI=1S/C10H8BrN3/c1-2-9-7-14(13-12-9)10-5-3-8(11)4-6-10/h2-7H,1H2. The van der Waals surface area contributed by atoms with Gasteiger partial charge in [0, 0.05) is 4.47 Å². The van der Waals surface area contributed by atoms with E-state index in [9.17, 15) is 0 Å². The summed E-state index contributed by atoms with van der Waals surface area (Å²) in [6.45, 7) is 3.63. The fourth-order valence-electron chi connectivity index (χ4n) is 1.09. The minimum Gasteiger partial charge on any atom is -0.220 e.